The van der Waals surface area contributed by atoms with E-state index in [2.05, 4.69) is 25.7 Å². The van der Waals surface area contributed by atoms with Crippen LogP contribution in [0.1, 0.15) is 38.1 Å². The number of anilines is 2. The van der Waals surface area contributed by atoms with Gasteiger partial charge in [0, 0.05) is 19.3 Å². The molecule has 0 fully saturated rings. The standard InChI is InChI=1S/C15H24N2O2/c1-6-19-14(18)12-9-11(16)7-8-13(12)17(5)10-15(2,3)4/h7-9H,6,10,16H2,1-5H3. The Kier molecular flexibility index (Phi) is 4.81. The highest BCUT2D eigenvalue weighted by Gasteiger charge is 2.19. The minimum absolute atomic E-state index is 0.141. The van der Waals surface area contributed by atoms with E-state index in [4.69, 9.17) is 10.5 Å². The summed E-state index contributed by atoms with van der Waals surface area (Å²) in [5, 5.41) is 0. The molecule has 0 radical (unpaired) electrons. The molecule has 0 aliphatic rings. The first-order chi connectivity index (χ1) is 8.74. The van der Waals surface area contributed by atoms with Crippen LogP contribution in [0.25, 0.3) is 0 Å². The van der Waals surface area contributed by atoms with Crippen LogP contribution in [0.4, 0.5) is 11.4 Å². The van der Waals surface area contributed by atoms with E-state index < -0.39 is 0 Å². The lowest BCUT2D eigenvalue weighted by Gasteiger charge is -2.29. The fourth-order valence-corrected chi connectivity index (χ4v) is 2.06. The van der Waals surface area contributed by atoms with Gasteiger partial charge in [0.25, 0.3) is 0 Å². The van der Waals surface area contributed by atoms with Crippen molar-refractivity contribution in [2.45, 2.75) is 27.7 Å². The number of hydrogen-bond acceptors (Lipinski definition) is 4. The van der Waals surface area contributed by atoms with E-state index in [1.165, 1.54) is 0 Å². The lowest BCUT2D eigenvalue weighted by atomic mass is 9.95. The Bertz CT molecular complexity index is 450. The summed E-state index contributed by atoms with van der Waals surface area (Å²) in [7, 11) is 1.97. The Hall–Kier alpha value is -1.71. The summed E-state index contributed by atoms with van der Waals surface area (Å²) in [6, 6.07) is 5.34. The number of carbonyl (C=O) groups is 1. The zero-order valence-electron chi connectivity index (χ0n) is 12.5. The van der Waals surface area contributed by atoms with Crippen molar-refractivity contribution in [3.8, 4) is 0 Å². The van der Waals surface area contributed by atoms with Crippen LogP contribution >= 0.6 is 0 Å². The lowest BCUT2D eigenvalue weighted by molar-refractivity contribution is 0.0527. The van der Waals surface area contributed by atoms with Crippen LogP contribution in [0, 0.1) is 5.41 Å². The molecule has 0 aliphatic carbocycles. The highest BCUT2D eigenvalue weighted by atomic mass is 16.5. The average Bonchev–Trinajstić information content (AvgIpc) is 2.26. The second-order valence-corrected chi connectivity index (χ2v) is 5.91. The van der Waals surface area contributed by atoms with Gasteiger partial charge in [0.2, 0.25) is 0 Å². The van der Waals surface area contributed by atoms with Crippen molar-refractivity contribution < 1.29 is 9.53 Å². The Labute approximate surface area is 115 Å². The minimum atomic E-state index is -0.328. The topological polar surface area (TPSA) is 55.6 Å². The third-order valence-corrected chi connectivity index (χ3v) is 2.64. The Balaban J connectivity index is 3.09. The first-order valence-electron chi connectivity index (χ1n) is 6.52. The van der Waals surface area contributed by atoms with E-state index in [1.807, 2.05) is 13.1 Å². The van der Waals surface area contributed by atoms with E-state index in [1.54, 1.807) is 19.1 Å². The summed E-state index contributed by atoms with van der Waals surface area (Å²) >= 11 is 0. The highest BCUT2D eigenvalue weighted by Crippen LogP contribution is 2.26. The Morgan fingerprint density at radius 1 is 1.37 bits per heavy atom. The summed E-state index contributed by atoms with van der Waals surface area (Å²) < 4.78 is 5.08. The predicted molar refractivity (Wildman–Crippen MR) is 79.5 cm³/mol. The normalized spacial score (nSPS) is 11.2. The molecule has 0 atom stereocenters. The lowest BCUT2D eigenvalue weighted by Crippen LogP contribution is -2.30. The number of carbonyl (C=O) groups excluding carboxylic acids is 1. The smallest absolute Gasteiger partial charge is 0.340 e. The number of nitrogens with two attached hydrogens (primary N) is 1. The van der Waals surface area contributed by atoms with Gasteiger partial charge in [-0.3, -0.25) is 0 Å². The molecule has 4 heteroatoms. The molecule has 19 heavy (non-hydrogen) atoms. The largest absolute Gasteiger partial charge is 0.462 e. The van der Waals surface area contributed by atoms with Crippen molar-refractivity contribution in [1.29, 1.82) is 0 Å². The second-order valence-electron chi connectivity index (χ2n) is 5.91. The molecule has 1 aromatic rings. The van der Waals surface area contributed by atoms with Gasteiger partial charge in [-0.15, -0.1) is 0 Å². The van der Waals surface area contributed by atoms with Gasteiger partial charge in [0.1, 0.15) is 0 Å². The molecular formula is C15H24N2O2. The van der Waals surface area contributed by atoms with Crippen molar-refractivity contribution in [3.63, 3.8) is 0 Å². The van der Waals surface area contributed by atoms with Crippen molar-refractivity contribution in [3.05, 3.63) is 23.8 Å². The molecule has 0 aromatic heterocycles. The molecule has 0 heterocycles. The van der Waals surface area contributed by atoms with Crippen LogP contribution in [-0.4, -0.2) is 26.2 Å². The molecule has 106 valence electrons. The summed E-state index contributed by atoms with van der Waals surface area (Å²) in [6.45, 7) is 9.46. The third kappa shape index (κ3) is 4.47. The van der Waals surface area contributed by atoms with E-state index in [0.717, 1.165) is 12.2 Å². The van der Waals surface area contributed by atoms with Gasteiger partial charge in [-0.1, -0.05) is 20.8 Å². The van der Waals surface area contributed by atoms with Crippen LogP contribution < -0.4 is 10.6 Å². The van der Waals surface area contributed by atoms with Crippen molar-refractivity contribution in [1.82, 2.24) is 0 Å². The van der Waals surface area contributed by atoms with Gasteiger partial charge in [0.05, 0.1) is 17.9 Å². The van der Waals surface area contributed by atoms with Crippen molar-refractivity contribution in [2.75, 3.05) is 30.8 Å². The van der Waals surface area contributed by atoms with Crippen LogP contribution in [0.15, 0.2) is 18.2 Å². The fourth-order valence-electron chi connectivity index (χ4n) is 2.06. The van der Waals surface area contributed by atoms with E-state index >= 15 is 0 Å². The van der Waals surface area contributed by atoms with E-state index in [0.29, 0.717) is 17.9 Å². The summed E-state index contributed by atoms with van der Waals surface area (Å²) in [6.07, 6.45) is 0. The van der Waals surface area contributed by atoms with Crippen LogP contribution in [0.2, 0.25) is 0 Å². The third-order valence-electron chi connectivity index (χ3n) is 2.64. The van der Waals surface area contributed by atoms with Gasteiger partial charge < -0.3 is 15.4 Å². The van der Waals surface area contributed by atoms with Crippen molar-refractivity contribution in [2.24, 2.45) is 5.41 Å². The minimum Gasteiger partial charge on any atom is -0.462 e. The van der Waals surface area contributed by atoms with Gasteiger partial charge in [-0.05, 0) is 30.5 Å². The number of hydrogen-bond donors (Lipinski definition) is 1. The molecule has 1 rings (SSSR count). The molecular weight excluding hydrogens is 240 g/mol. The van der Waals surface area contributed by atoms with Gasteiger partial charge in [-0.25, -0.2) is 4.79 Å². The maximum absolute atomic E-state index is 12.0. The summed E-state index contributed by atoms with van der Waals surface area (Å²) in [5.41, 5.74) is 7.84. The number of nitrogen functional groups attached to an aromatic ring is 1. The Morgan fingerprint density at radius 2 is 2.00 bits per heavy atom. The zero-order valence-corrected chi connectivity index (χ0v) is 12.5. The highest BCUT2D eigenvalue weighted by molar-refractivity contribution is 5.97. The molecule has 4 nitrogen and oxygen atoms in total. The number of esters is 1. The predicted octanol–water partition coefficient (Wildman–Crippen LogP) is 2.93. The monoisotopic (exact) mass is 264 g/mol. The molecule has 0 aliphatic heterocycles. The number of nitrogens with zero attached hydrogens (tertiary/aromatic N) is 1. The second kappa shape index (κ2) is 5.95. The number of benzene rings is 1. The molecule has 0 spiro atoms. The average molecular weight is 264 g/mol. The molecule has 0 unspecified atom stereocenters. The summed E-state index contributed by atoms with van der Waals surface area (Å²) in [5.74, 6) is -0.328. The molecule has 0 saturated heterocycles. The molecule has 0 saturated carbocycles. The van der Waals surface area contributed by atoms with Crippen molar-refractivity contribution >= 4 is 17.3 Å². The maximum atomic E-state index is 12.0. The molecule has 2 N–H and O–H groups in total. The SMILES string of the molecule is CCOC(=O)c1cc(N)ccc1N(C)CC(C)(C)C. The quantitative estimate of drug-likeness (QED) is 0.671. The van der Waals surface area contributed by atoms with Crippen LogP contribution in [-0.2, 0) is 4.74 Å². The zero-order chi connectivity index (χ0) is 14.6. The molecule has 1 aromatic carbocycles. The van der Waals surface area contributed by atoms with Gasteiger partial charge >= 0.3 is 5.97 Å². The number of ether oxygens (including phenoxy) is 1. The number of rotatable bonds is 4. The van der Waals surface area contributed by atoms with Gasteiger partial charge in [0.15, 0.2) is 0 Å². The maximum Gasteiger partial charge on any atom is 0.340 e. The first kappa shape index (κ1) is 15.3. The van der Waals surface area contributed by atoms with Crippen LogP contribution in [0.3, 0.4) is 0 Å². The van der Waals surface area contributed by atoms with Crippen LogP contribution in [0.5, 0.6) is 0 Å². The van der Waals surface area contributed by atoms with E-state index in [-0.39, 0.29) is 11.4 Å². The molecule has 0 amide bonds. The Morgan fingerprint density at radius 3 is 2.53 bits per heavy atom. The van der Waals surface area contributed by atoms with Gasteiger partial charge in [-0.2, -0.15) is 0 Å². The summed E-state index contributed by atoms with van der Waals surface area (Å²) in [4.78, 5) is 14.0. The fraction of sp³-hybridized carbons (Fsp3) is 0.533. The molecule has 0 bridgehead atoms. The van der Waals surface area contributed by atoms with E-state index in [9.17, 15) is 4.79 Å². The first-order valence-corrected chi connectivity index (χ1v) is 6.52.